The van der Waals surface area contributed by atoms with Gasteiger partial charge in [0, 0.05) is 18.2 Å². The molecule has 0 aromatic heterocycles. The largest absolute Gasteiger partial charge is 0.496 e. The topological polar surface area (TPSA) is 21.3 Å². The number of benzene rings is 2. The predicted molar refractivity (Wildman–Crippen MR) is 88.3 cm³/mol. The van der Waals surface area contributed by atoms with Crippen molar-refractivity contribution >= 4 is 5.69 Å². The lowest BCUT2D eigenvalue weighted by molar-refractivity contribution is 0.412. The molecule has 3 rings (SSSR count). The molecule has 2 aromatic carbocycles. The van der Waals surface area contributed by atoms with Gasteiger partial charge in [-0.1, -0.05) is 24.3 Å². The van der Waals surface area contributed by atoms with Crippen LogP contribution in [0.5, 0.6) is 5.75 Å². The van der Waals surface area contributed by atoms with Gasteiger partial charge in [-0.2, -0.15) is 0 Å². The van der Waals surface area contributed by atoms with Crippen molar-refractivity contribution in [1.29, 1.82) is 0 Å². The SMILES string of the molecule is COc1ccc(NCC2CCCc3ccccc32)cc1C. The van der Waals surface area contributed by atoms with Gasteiger partial charge in [-0.05, 0) is 61.1 Å². The molecule has 1 aliphatic carbocycles. The highest BCUT2D eigenvalue weighted by molar-refractivity contribution is 5.51. The van der Waals surface area contributed by atoms with E-state index in [0.717, 1.165) is 12.3 Å². The highest BCUT2D eigenvalue weighted by Gasteiger charge is 2.19. The summed E-state index contributed by atoms with van der Waals surface area (Å²) in [5.41, 5.74) is 5.41. The van der Waals surface area contributed by atoms with Gasteiger partial charge >= 0.3 is 0 Å². The lowest BCUT2D eigenvalue weighted by Gasteiger charge is -2.26. The van der Waals surface area contributed by atoms with Gasteiger partial charge in [-0.15, -0.1) is 0 Å². The Kier molecular flexibility index (Phi) is 4.14. The van der Waals surface area contributed by atoms with Crippen LogP contribution in [0.15, 0.2) is 42.5 Å². The molecule has 0 spiro atoms. The van der Waals surface area contributed by atoms with E-state index in [1.54, 1.807) is 7.11 Å². The summed E-state index contributed by atoms with van der Waals surface area (Å²) < 4.78 is 5.31. The fourth-order valence-corrected chi connectivity index (χ4v) is 3.30. The summed E-state index contributed by atoms with van der Waals surface area (Å²) in [6.07, 6.45) is 3.80. The number of fused-ring (bicyclic) bond motifs is 1. The summed E-state index contributed by atoms with van der Waals surface area (Å²) in [5, 5.41) is 3.59. The van der Waals surface area contributed by atoms with Crippen LogP contribution in [0.1, 0.15) is 35.4 Å². The van der Waals surface area contributed by atoms with Gasteiger partial charge in [-0.3, -0.25) is 0 Å². The van der Waals surface area contributed by atoms with E-state index >= 15 is 0 Å². The zero-order valence-corrected chi connectivity index (χ0v) is 12.9. The third-order valence-corrected chi connectivity index (χ3v) is 4.44. The van der Waals surface area contributed by atoms with E-state index in [2.05, 4.69) is 48.6 Å². The monoisotopic (exact) mass is 281 g/mol. The minimum Gasteiger partial charge on any atom is -0.496 e. The van der Waals surface area contributed by atoms with Crippen molar-refractivity contribution < 1.29 is 4.74 Å². The standard InChI is InChI=1S/C19H23NO/c1-14-12-17(10-11-19(14)21-2)20-13-16-8-5-7-15-6-3-4-9-18(15)16/h3-4,6,9-12,16,20H,5,7-8,13H2,1-2H3. The van der Waals surface area contributed by atoms with Crippen LogP contribution < -0.4 is 10.1 Å². The van der Waals surface area contributed by atoms with Gasteiger partial charge < -0.3 is 10.1 Å². The molecule has 1 atom stereocenters. The second-order valence-corrected chi connectivity index (χ2v) is 5.85. The Balaban J connectivity index is 1.70. The van der Waals surface area contributed by atoms with Crippen LogP contribution in [-0.4, -0.2) is 13.7 Å². The molecule has 2 aromatic rings. The molecule has 0 saturated heterocycles. The summed E-state index contributed by atoms with van der Waals surface area (Å²) in [4.78, 5) is 0. The molecule has 0 saturated carbocycles. The van der Waals surface area contributed by atoms with Gasteiger partial charge in [0.05, 0.1) is 7.11 Å². The summed E-state index contributed by atoms with van der Waals surface area (Å²) >= 11 is 0. The van der Waals surface area contributed by atoms with Crippen LogP contribution in [-0.2, 0) is 6.42 Å². The highest BCUT2D eigenvalue weighted by Crippen LogP contribution is 2.32. The molecule has 1 N–H and O–H groups in total. The maximum absolute atomic E-state index is 5.31. The molecule has 1 unspecified atom stereocenters. The first kappa shape index (κ1) is 14.0. The van der Waals surface area contributed by atoms with Gasteiger partial charge in [0.15, 0.2) is 0 Å². The average molecular weight is 281 g/mol. The number of ether oxygens (including phenoxy) is 1. The van der Waals surface area contributed by atoms with E-state index in [9.17, 15) is 0 Å². The first-order chi connectivity index (χ1) is 10.3. The van der Waals surface area contributed by atoms with Crippen molar-refractivity contribution in [1.82, 2.24) is 0 Å². The predicted octanol–water partition coefficient (Wildman–Crippen LogP) is 4.54. The molecular weight excluding hydrogens is 258 g/mol. The van der Waals surface area contributed by atoms with Crippen LogP contribution in [0.2, 0.25) is 0 Å². The number of methoxy groups -OCH3 is 1. The second-order valence-electron chi connectivity index (χ2n) is 5.85. The molecule has 2 nitrogen and oxygen atoms in total. The van der Waals surface area contributed by atoms with E-state index in [-0.39, 0.29) is 0 Å². The minimum atomic E-state index is 0.623. The van der Waals surface area contributed by atoms with Gasteiger partial charge in [0.25, 0.3) is 0 Å². The van der Waals surface area contributed by atoms with Crippen LogP contribution >= 0.6 is 0 Å². The fraction of sp³-hybridized carbons (Fsp3) is 0.368. The number of aryl methyl sites for hydroxylation is 2. The Morgan fingerprint density at radius 1 is 1.19 bits per heavy atom. The zero-order chi connectivity index (χ0) is 14.7. The number of rotatable bonds is 4. The van der Waals surface area contributed by atoms with Gasteiger partial charge in [-0.25, -0.2) is 0 Å². The van der Waals surface area contributed by atoms with Gasteiger partial charge in [0.2, 0.25) is 0 Å². The number of nitrogens with one attached hydrogen (secondary N) is 1. The van der Waals surface area contributed by atoms with E-state index in [0.29, 0.717) is 5.92 Å². The van der Waals surface area contributed by atoms with Crippen LogP contribution in [0, 0.1) is 6.92 Å². The fourth-order valence-electron chi connectivity index (χ4n) is 3.30. The van der Waals surface area contributed by atoms with E-state index in [1.807, 2.05) is 6.07 Å². The molecule has 0 radical (unpaired) electrons. The second kappa shape index (κ2) is 6.21. The first-order valence-electron chi connectivity index (χ1n) is 7.74. The molecule has 2 heteroatoms. The van der Waals surface area contributed by atoms with E-state index < -0.39 is 0 Å². The number of anilines is 1. The van der Waals surface area contributed by atoms with Crippen molar-refractivity contribution in [3.63, 3.8) is 0 Å². The lowest BCUT2D eigenvalue weighted by Crippen LogP contribution is -2.18. The van der Waals surface area contributed by atoms with Crippen LogP contribution in [0.3, 0.4) is 0 Å². The first-order valence-corrected chi connectivity index (χ1v) is 7.74. The molecule has 0 bridgehead atoms. The number of hydrogen-bond acceptors (Lipinski definition) is 2. The van der Waals surface area contributed by atoms with Crippen molar-refractivity contribution in [2.24, 2.45) is 0 Å². The summed E-state index contributed by atoms with van der Waals surface area (Å²) in [5.74, 6) is 1.57. The van der Waals surface area contributed by atoms with Gasteiger partial charge in [0.1, 0.15) is 5.75 Å². The highest BCUT2D eigenvalue weighted by atomic mass is 16.5. The summed E-state index contributed by atoms with van der Waals surface area (Å²) in [7, 11) is 1.72. The summed E-state index contributed by atoms with van der Waals surface area (Å²) in [6, 6.07) is 15.2. The van der Waals surface area contributed by atoms with Crippen molar-refractivity contribution in [3.8, 4) is 5.75 Å². The molecule has 0 amide bonds. The Bertz CT molecular complexity index is 621. The van der Waals surface area contributed by atoms with E-state index in [4.69, 9.17) is 4.74 Å². The van der Waals surface area contributed by atoms with Crippen molar-refractivity contribution in [3.05, 3.63) is 59.2 Å². The normalized spacial score (nSPS) is 17.1. The molecule has 1 aliphatic rings. The van der Waals surface area contributed by atoms with Crippen LogP contribution in [0.4, 0.5) is 5.69 Å². The minimum absolute atomic E-state index is 0.623. The smallest absolute Gasteiger partial charge is 0.121 e. The average Bonchev–Trinajstić information content (AvgIpc) is 2.53. The third kappa shape index (κ3) is 3.05. The van der Waals surface area contributed by atoms with Crippen molar-refractivity contribution in [2.75, 3.05) is 19.0 Å². The molecular formula is C19H23NO. The Morgan fingerprint density at radius 3 is 2.86 bits per heavy atom. The van der Waals surface area contributed by atoms with Crippen LogP contribution in [0.25, 0.3) is 0 Å². The van der Waals surface area contributed by atoms with Crippen molar-refractivity contribution in [2.45, 2.75) is 32.1 Å². The molecule has 110 valence electrons. The lowest BCUT2D eigenvalue weighted by atomic mass is 9.83. The maximum atomic E-state index is 5.31. The summed E-state index contributed by atoms with van der Waals surface area (Å²) in [6.45, 7) is 3.09. The molecule has 21 heavy (non-hydrogen) atoms. The zero-order valence-electron chi connectivity index (χ0n) is 12.9. The Morgan fingerprint density at radius 2 is 2.05 bits per heavy atom. The number of hydrogen-bond donors (Lipinski definition) is 1. The Hall–Kier alpha value is -1.96. The third-order valence-electron chi connectivity index (χ3n) is 4.44. The van der Waals surface area contributed by atoms with E-state index in [1.165, 1.54) is 41.6 Å². The Labute approximate surface area is 127 Å². The molecule has 0 fully saturated rings. The maximum Gasteiger partial charge on any atom is 0.121 e. The molecule has 0 aliphatic heterocycles. The quantitative estimate of drug-likeness (QED) is 0.888. The molecule has 0 heterocycles.